The van der Waals surface area contributed by atoms with Crippen molar-refractivity contribution in [2.75, 3.05) is 13.1 Å². The number of nitrogens with two attached hydrogens (primary N) is 1. The first kappa shape index (κ1) is 13.9. The molecule has 0 saturated carbocycles. The number of nitrogens with one attached hydrogen (secondary N) is 1. The Morgan fingerprint density at radius 3 is 2.12 bits per heavy atom. The van der Waals surface area contributed by atoms with Gasteiger partial charge in [0, 0.05) is 25.2 Å². The van der Waals surface area contributed by atoms with Gasteiger partial charge in [0.25, 0.3) is 10.2 Å². The molecule has 1 unspecified atom stereocenters. The van der Waals surface area contributed by atoms with Gasteiger partial charge in [0.15, 0.2) is 0 Å². The third-order valence-electron chi connectivity index (χ3n) is 2.97. The molecule has 16 heavy (non-hydrogen) atoms. The van der Waals surface area contributed by atoms with Crippen molar-refractivity contribution < 1.29 is 8.42 Å². The van der Waals surface area contributed by atoms with Crippen LogP contribution >= 0.6 is 0 Å². The van der Waals surface area contributed by atoms with Crippen LogP contribution in [0.25, 0.3) is 0 Å². The summed E-state index contributed by atoms with van der Waals surface area (Å²) in [6.07, 6.45) is 1.72. The minimum Gasteiger partial charge on any atom is -0.328 e. The van der Waals surface area contributed by atoms with E-state index in [1.807, 2.05) is 20.8 Å². The van der Waals surface area contributed by atoms with Crippen molar-refractivity contribution in [3.63, 3.8) is 0 Å². The lowest BCUT2D eigenvalue weighted by molar-refractivity contribution is 0.248. The largest absolute Gasteiger partial charge is 0.328 e. The molecule has 1 aliphatic rings. The van der Waals surface area contributed by atoms with Crippen LogP contribution in [-0.4, -0.2) is 37.9 Å². The molecule has 0 spiro atoms. The van der Waals surface area contributed by atoms with Gasteiger partial charge in [-0.05, 0) is 39.5 Å². The summed E-state index contributed by atoms with van der Waals surface area (Å²) in [7, 11) is -3.29. The quantitative estimate of drug-likeness (QED) is 0.752. The Hall–Kier alpha value is -0.170. The zero-order chi connectivity index (χ0) is 12.3. The van der Waals surface area contributed by atoms with E-state index in [4.69, 9.17) is 5.73 Å². The first-order chi connectivity index (χ1) is 7.33. The molecule has 1 aliphatic heterocycles. The van der Waals surface area contributed by atoms with Crippen molar-refractivity contribution in [3.05, 3.63) is 0 Å². The molecule has 0 radical (unpaired) electrons. The van der Waals surface area contributed by atoms with Crippen molar-refractivity contribution in [2.24, 2.45) is 11.7 Å². The van der Waals surface area contributed by atoms with Crippen LogP contribution in [0.2, 0.25) is 0 Å². The Labute approximate surface area is 98.6 Å². The molecular weight excluding hydrogens is 226 g/mol. The molecule has 0 aliphatic carbocycles. The van der Waals surface area contributed by atoms with Gasteiger partial charge in [0.1, 0.15) is 0 Å². The fraction of sp³-hybridized carbons (Fsp3) is 1.00. The maximum Gasteiger partial charge on any atom is 0.279 e. The SMILES string of the molecule is CC(C)NS(=O)(=O)N1CCC(C(C)N)CC1. The van der Waals surface area contributed by atoms with Crippen LogP contribution in [0.5, 0.6) is 0 Å². The monoisotopic (exact) mass is 249 g/mol. The van der Waals surface area contributed by atoms with Crippen LogP contribution in [0.15, 0.2) is 0 Å². The summed E-state index contributed by atoms with van der Waals surface area (Å²) in [6, 6.07) is 0.0964. The summed E-state index contributed by atoms with van der Waals surface area (Å²) in [6.45, 7) is 6.79. The molecule has 1 heterocycles. The molecule has 0 aromatic rings. The van der Waals surface area contributed by atoms with Gasteiger partial charge in [0.05, 0.1) is 0 Å². The van der Waals surface area contributed by atoms with Crippen LogP contribution in [0.1, 0.15) is 33.6 Å². The third kappa shape index (κ3) is 3.69. The van der Waals surface area contributed by atoms with E-state index >= 15 is 0 Å². The van der Waals surface area contributed by atoms with Crippen LogP contribution in [0.3, 0.4) is 0 Å². The second-order valence-corrected chi connectivity index (χ2v) is 6.58. The molecule has 0 amide bonds. The number of nitrogens with zero attached hydrogens (tertiary/aromatic N) is 1. The van der Waals surface area contributed by atoms with Gasteiger partial charge in [-0.2, -0.15) is 17.4 Å². The van der Waals surface area contributed by atoms with E-state index in [9.17, 15) is 8.42 Å². The molecule has 1 rings (SSSR count). The predicted octanol–water partition coefficient (Wildman–Crippen LogP) is 0.288. The maximum atomic E-state index is 11.9. The van der Waals surface area contributed by atoms with Gasteiger partial charge in [-0.1, -0.05) is 0 Å². The molecule has 3 N–H and O–H groups in total. The highest BCUT2D eigenvalue weighted by molar-refractivity contribution is 7.87. The lowest BCUT2D eigenvalue weighted by Gasteiger charge is -2.33. The van der Waals surface area contributed by atoms with Crippen LogP contribution in [0, 0.1) is 5.92 Å². The summed E-state index contributed by atoms with van der Waals surface area (Å²) in [5.41, 5.74) is 5.82. The lowest BCUT2D eigenvalue weighted by Crippen LogP contribution is -2.48. The molecule has 1 saturated heterocycles. The fourth-order valence-electron chi connectivity index (χ4n) is 2.01. The molecule has 0 aromatic carbocycles. The molecule has 0 aromatic heterocycles. The van der Waals surface area contributed by atoms with E-state index in [0.717, 1.165) is 12.8 Å². The van der Waals surface area contributed by atoms with Crippen molar-refractivity contribution in [3.8, 4) is 0 Å². The standard InChI is InChI=1S/C10H23N3O2S/c1-8(2)12-16(14,15)13-6-4-10(5-7-13)9(3)11/h8-10,12H,4-7,11H2,1-3H3. The molecular formula is C10H23N3O2S. The van der Waals surface area contributed by atoms with E-state index in [1.54, 1.807) is 0 Å². The summed E-state index contributed by atoms with van der Waals surface area (Å²) in [5, 5.41) is 0. The molecule has 6 heteroatoms. The Morgan fingerprint density at radius 2 is 1.75 bits per heavy atom. The third-order valence-corrected chi connectivity index (χ3v) is 4.78. The summed E-state index contributed by atoms with van der Waals surface area (Å²) in [4.78, 5) is 0. The molecule has 96 valence electrons. The molecule has 0 bridgehead atoms. The van der Waals surface area contributed by atoms with Crippen LogP contribution < -0.4 is 10.5 Å². The topological polar surface area (TPSA) is 75.4 Å². The van der Waals surface area contributed by atoms with Crippen molar-refractivity contribution in [1.82, 2.24) is 9.03 Å². The number of hydrogen-bond donors (Lipinski definition) is 2. The van der Waals surface area contributed by atoms with E-state index in [0.29, 0.717) is 19.0 Å². The predicted molar refractivity (Wildman–Crippen MR) is 65.1 cm³/mol. The highest BCUT2D eigenvalue weighted by Crippen LogP contribution is 2.21. The second kappa shape index (κ2) is 5.44. The van der Waals surface area contributed by atoms with Crippen LogP contribution in [-0.2, 0) is 10.2 Å². The van der Waals surface area contributed by atoms with Crippen LogP contribution in [0.4, 0.5) is 0 Å². The minimum absolute atomic E-state index is 0.0591. The molecule has 1 fully saturated rings. The summed E-state index contributed by atoms with van der Waals surface area (Å²) in [5.74, 6) is 0.450. The van der Waals surface area contributed by atoms with Gasteiger partial charge < -0.3 is 5.73 Å². The van der Waals surface area contributed by atoms with E-state index in [-0.39, 0.29) is 12.1 Å². The van der Waals surface area contributed by atoms with Gasteiger partial charge in [-0.25, -0.2) is 0 Å². The van der Waals surface area contributed by atoms with E-state index in [2.05, 4.69) is 4.72 Å². The first-order valence-corrected chi connectivity index (χ1v) is 7.30. The highest BCUT2D eigenvalue weighted by atomic mass is 32.2. The highest BCUT2D eigenvalue weighted by Gasteiger charge is 2.29. The van der Waals surface area contributed by atoms with Gasteiger partial charge in [-0.3, -0.25) is 0 Å². The summed E-state index contributed by atoms with van der Waals surface area (Å²) < 4.78 is 27.8. The average Bonchev–Trinajstić information content (AvgIpc) is 2.16. The lowest BCUT2D eigenvalue weighted by atomic mass is 9.92. The first-order valence-electron chi connectivity index (χ1n) is 5.86. The normalized spacial score (nSPS) is 22.6. The number of piperidine rings is 1. The smallest absolute Gasteiger partial charge is 0.279 e. The zero-order valence-electron chi connectivity index (χ0n) is 10.3. The minimum atomic E-state index is -3.29. The zero-order valence-corrected chi connectivity index (χ0v) is 11.1. The number of hydrogen-bond acceptors (Lipinski definition) is 3. The van der Waals surface area contributed by atoms with Gasteiger partial charge >= 0.3 is 0 Å². The van der Waals surface area contributed by atoms with Crippen molar-refractivity contribution >= 4 is 10.2 Å². The Balaban J connectivity index is 2.53. The maximum absolute atomic E-state index is 11.9. The fourth-order valence-corrected chi connectivity index (χ4v) is 3.45. The van der Waals surface area contributed by atoms with Gasteiger partial charge in [-0.15, -0.1) is 0 Å². The van der Waals surface area contributed by atoms with E-state index < -0.39 is 10.2 Å². The molecule has 5 nitrogen and oxygen atoms in total. The van der Waals surface area contributed by atoms with Crippen molar-refractivity contribution in [1.29, 1.82) is 0 Å². The van der Waals surface area contributed by atoms with Gasteiger partial charge in [0.2, 0.25) is 0 Å². The molecule has 1 atom stereocenters. The Bertz CT molecular complexity index is 306. The number of rotatable bonds is 4. The summed E-state index contributed by atoms with van der Waals surface area (Å²) >= 11 is 0. The Kier molecular flexibility index (Phi) is 4.73. The van der Waals surface area contributed by atoms with Crippen molar-refractivity contribution in [2.45, 2.75) is 45.7 Å². The second-order valence-electron chi connectivity index (χ2n) is 4.87. The van der Waals surface area contributed by atoms with E-state index in [1.165, 1.54) is 4.31 Å². The Morgan fingerprint density at radius 1 is 1.25 bits per heavy atom. The average molecular weight is 249 g/mol.